The van der Waals surface area contributed by atoms with E-state index in [0.29, 0.717) is 5.13 Å². The Labute approximate surface area is 143 Å². The van der Waals surface area contributed by atoms with E-state index in [4.69, 9.17) is 5.11 Å². The van der Waals surface area contributed by atoms with E-state index in [-0.39, 0.29) is 0 Å². The van der Waals surface area contributed by atoms with E-state index in [1.165, 1.54) is 11.3 Å². The second-order valence-corrected chi connectivity index (χ2v) is 6.16. The molecule has 0 amide bonds. The number of hydrogen-bond donors (Lipinski definition) is 2. The van der Waals surface area contributed by atoms with Crippen molar-refractivity contribution in [1.82, 2.24) is 9.97 Å². The molecule has 2 N–H and O–H groups in total. The number of thiazole rings is 1. The molecule has 6 heteroatoms. The van der Waals surface area contributed by atoms with Gasteiger partial charge in [-0.3, -0.25) is 4.98 Å². The molecule has 2 aromatic heterocycles. The summed E-state index contributed by atoms with van der Waals surface area (Å²) in [5.41, 5.74) is 3.72. The van der Waals surface area contributed by atoms with Crippen LogP contribution < -0.4 is 5.32 Å². The molecule has 0 atom stereocenters. The first-order chi connectivity index (χ1) is 11.6. The normalized spacial score (nSPS) is 10.9. The van der Waals surface area contributed by atoms with Gasteiger partial charge in [0.15, 0.2) is 5.13 Å². The van der Waals surface area contributed by atoms with Crippen LogP contribution >= 0.6 is 11.3 Å². The Hall–Kier alpha value is -2.99. The fourth-order valence-electron chi connectivity index (χ4n) is 2.21. The van der Waals surface area contributed by atoms with Crippen LogP contribution in [0.15, 0.2) is 54.9 Å². The highest BCUT2D eigenvalue weighted by atomic mass is 32.1. The Morgan fingerprint density at radius 2 is 2.04 bits per heavy atom. The zero-order valence-corrected chi connectivity index (χ0v) is 13.7. The molecule has 0 saturated heterocycles. The average molecular weight is 337 g/mol. The molecule has 0 aliphatic heterocycles. The maximum Gasteiger partial charge on any atom is 0.328 e. The van der Waals surface area contributed by atoms with Crippen LogP contribution in [-0.2, 0) is 4.79 Å². The van der Waals surface area contributed by atoms with Gasteiger partial charge in [0.1, 0.15) is 0 Å². The SMILES string of the molecule is Cc1cccc(Nc2nc(-c3ccncc3)c(C=CC(=O)O)s2)c1. The number of nitrogens with zero attached hydrogens (tertiary/aromatic N) is 2. The van der Waals surface area contributed by atoms with Gasteiger partial charge in [-0.05, 0) is 42.8 Å². The Morgan fingerprint density at radius 3 is 2.75 bits per heavy atom. The summed E-state index contributed by atoms with van der Waals surface area (Å²) in [5.74, 6) is -0.989. The van der Waals surface area contributed by atoms with E-state index in [1.807, 2.05) is 43.3 Å². The molecule has 0 aliphatic rings. The molecule has 0 bridgehead atoms. The maximum absolute atomic E-state index is 10.8. The largest absolute Gasteiger partial charge is 0.478 e. The lowest BCUT2D eigenvalue weighted by molar-refractivity contribution is -0.131. The maximum atomic E-state index is 10.8. The third-order valence-corrected chi connectivity index (χ3v) is 4.19. The summed E-state index contributed by atoms with van der Waals surface area (Å²) in [7, 11) is 0. The van der Waals surface area contributed by atoms with Crippen molar-refractivity contribution in [3.63, 3.8) is 0 Å². The van der Waals surface area contributed by atoms with Crippen LogP contribution in [0.5, 0.6) is 0 Å². The number of anilines is 2. The second-order valence-electron chi connectivity index (χ2n) is 5.13. The number of aryl methyl sites for hydroxylation is 1. The second kappa shape index (κ2) is 7.06. The summed E-state index contributed by atoms with van der Waals surface area (Å²) in [6.07, 6.45) is 6.06. The Balaban J connectivity index is 1.98. The number of rotatable bonds is 5. The third kappa shape index (κ3) is 3.85. The van der Waals surface area contributed by atoms with Gasteiger partial charge in [0.05, 0.1) is 10.6 Å². The van der Waals surface area contributed by atoms with E-state index in [1.54, 1.807) is 18.5 Å². The molecule has 0 unspecified atom stereocenters. The molecule has 0 fully saturated rings. The molecular weight excluding hydrogens is 322 g/mol. The number of hydrogen-bond acceptors (Lipinski definition) is 5. The van der Waals surface area contributed by atoms with Crippen molar-refractivity contribution in [3.05, 3.63) is 65.3 Å². The number of carbonyl (C=O) groups is 1. The highest BCUT2D eigenvalue weighted by Crippen LogP contribution is 2.33. The quantitative estimate of drug-likeness (QED) is 0.677. The van der Waals surface area contributed by atoms with Crippen molar-refractivity contribution in [2.75, 3.05) is 5.32 Å². The van der Waals surface area contributed by atoms with E-state index in [9.17, 15) is 4.79 Å². The number of nitrogens with one attached hydrogen (secondary N) is 1. The number of carboxylic acids is 1. The summed E-state index contributed by atoms with van der Waals surface area (Å²) in [5, 5.41) is 12.9. The summed E-state index contributed by atoms with van der Waals surface area (Å²) < 4.78 is 0. The van der Waals surface area contributed by atoms with Gasteiger partial charge in [0.2, 0.25) is 0 Å². The molecule has 1 aromatic carbocycles. The summed E-state index contributed by atoms with van der Waals surface area (Å²) in [6, 6.07) is 11.7. The van der Waals surface area contributed by atoms with Gasteiger partial charge >= 0.3 is 5.97 Å². The van der Waals surface area contributed by atoms with Crippen LogP contribution in [0.1, 0.15) is 10.4 Å². The summed E-state index contributed by atoms with van der Waals surface area (Å²) >= 11 is 1.40. The smallest absolute Gasteiger partial charge is 0.328 e. The first kappa shape index (κ1) is 15.9. The lowest BCUT2D eigenvalue weighted by Gasteiger charge is -2.02. The van der Waals surface area contributed by atoms with Gasteiger partial charge in [-0.25, -0.2) is 9.78 Å². The number of benzene rings is 1. The van der Waals surface area contributed by atoms with Gasteiger partial charge in [-0.2, -0.15) is 0 Å². The van der Waals surface area contributed by atoms with E-state index < -0.39 is 5.97 Å². The van der Waals surface area contributed by atoms with Crippen LogP contribution in [0.25, 0.3) is 17.3 Å². The van der Waals surface area contributed by atoms with Gasteiger partial charge < -0.3 is 10.4 Å². The van der Waals surface area contributed by atoms with Crippen LogP contribution in [0.2, 0.25) is 0 Å². The molecule has 0 radical (unpaired) electrons. The number of aromatic nitrogens is 2. The summed E-state index contributed by atoms with van der Waals surface area (Å²) in [4.78, 5) is 20.2. The fraction of sp³-hybridized carbons (Fsp3) is 0.0556. The fourth-order valence-corrected chi connectivity index (χ4v) is 3.12. The molecule has 2 heterocycles. The zero-order chi connectivity index (χ0) is 16.9. The van der Waals surface area contributed by atoms with E-state index in [0.717, 1.165) is 33.5 Å². The third-order valence-electron chi connectivity index (χ3n) is 3.25. The average Bonchev–Trinajstić information content (AvgIpc) is 2.96. The Bertz CT molecular complexity index is 888. The monoisotopic (exact) mass is 337 g/mol. The highest BCUT2D eigenvalue weighted by Gasteiger charge is 2.12. The molecule has 3 rings (SSSR count). The van der Waals surface area contributed by atoms with Crippen LogP contribution in [0, 0.1) is 6.92 Å². The molecule has 0 spiro atoms. The predicted molar refractivity (Wildman–Crippen MR) is 96.5 cm³/mol. The molecule has 0 saturated carbocycles. The number of aliphatic carboxylic acids is 1. The van der Waals surface area contributed by atoms with Crippen molar-refractivity contribution in [1.29, 1.82) is 0 Å². The standard InChI is InChI=1S/C18H15N3O2S/c1-12-3-2-4-14(11-12)20-18-21-17(13-7-9-19-10-8-13)15(24-18)5-6-16(22)23/h2-11H,1H3,(H,20,21)(H,22,23). The lowest BCUT2D eigenvalue weighted by atomic mass is 10.2. The van der Waals surface area contributed by atoms with Crippen molar-refractivity contribution in [3.8, 4) is 11.3 Å². The molecule has 24 heavy (non-hydrogen) atoms. The van der Waals surface area contributed by atoms with Crippen LogP contribution in [-0.4, -0.2) is 21.0 Å². The van der Waals surface area contributed by atoms with E-state index >= 15 is 0 Å². The van der Waals surface area contributed by atoms with Gasteiger partial charge in [-0.1, -0.05) is 23.5 Å². The van der Waals surface area contributed by atoms with Crippen molar-refractivity contribution >= 4 is 34.2 Å². The molecule has 3 aromatic rings. The zero-order valence-electron chi connectivity index (χ0n) is 12.9. The van der Waals surface area contributed by atoms with Gasteiger partial charge in [-0.15, -0.1) is 0 Å². The first-order valence-corrected chi connectivity index (χ1v) is 8.09. The summed E-state index contributed by atoms with van der Waals surface area (Å²) in [6.45, 7) is 2.02. The minimum atomic E-state index is -0.989. The topological polar surface area (TPSA) is 75.1 Å². The van der Waals surface area contributed by atoms with E-state index in [2.05, 4.69) is 15.3 Å². The molecule has 120 valence electrons. The van der Waals surface area contributed by atoms with Gasteiger partial charge in [0.25, 0.3) is 0 Å². The highest BCUT2D eigenvalue weighted by molar-refractivity contribution is 7.17. The van der Waals surface area contributed by atoms with Crippen molar-refractivity contribution < 1.29 is 9.90 Å². The predicted octanol–water partition coefficient (Wildman–Crippen LogP) is 4.35. The molecule has 5 nitrogen and oxygen atoms in total. The lowest BCUT2D eigenvalue weighted by Crippen LogP contribution is -1.90. The number of pyridine rings is 1. The minimum absolute atomic E-state index is 0.706. The van der Waals surface area contributed by atoms with Crippen LogP contribution in [0.3, 0.4) is 0 Å². The Kier molecular flexibility index (Phi) is 4.67. The molecular formula is C18H15N3O2S. The Morgan fingerprint density at radius 1 is 1.25 bits per heavy atom. The van der Waals surface area contributed by atoms with Crippen LogP contribution in [0.4, 0.5) is 10.8 Å². The van der Waals surface area contributed by atoms with Gasteiger partial charge in [0, 0.05) is 29.7 Å². The first-order valence-electron chi connectivity index (χ1n) is 7.28. The number of carboxylic acid groups (broad SMARTS) is 1. The molecule has 0 aliphatic carbocycles. The van der Waals surface area contributed by atoms with Crippen molar-refractivity contribution in [2.45, 2.75) is 6.92 Å². The van der Waals surface area contributed by atoms with Crippen molar-refractivity contribution in [2.24, 2.45) is 0 Å². The minimum Gasteiger partial charge on any atom is -0.478 e.